The Labute approximate surface area is 144 Å². The molecule has 2 rings (SSSR count). The highest BCUT2D eigenvalue weighted by Crippen LogP contribution is 2.22. The number of rotatable bonds is 3. The lowest BCUT2D eigenvalue weighted by Gasteiger charge is -2.21. The quantitative estimate of drug-likeness (QED) is 0.521. The van der Waals surface area contributed by atoms with E-state index in [-0.39, 0.29) is 5.75 Å². The molecule has 1 amide bonds. The molecule has 2 aromatic rings. The largest absolute Gasteiger partial charge is 0.444 e. The van der Waals surface area contributed by atoms with Gasteiger partial charge in [-0.3, -0.25) is 0 Å². The van der Waals surface area contributed by atoms with Crippen molar-refractivity contribution in [2.75, 3.05) is 0 Å². The van der Waals surface area contributed by atoms with Crippen LogP contribution in [0.2, 0.25) is 0 Å². The van der Waals surface area contributed by atoms with E-state index in [0.717, 1.165) is 10.9 Å². The number of carbonyl (C=O) groups excluding carboxylic acids is 2. The Balaban J connectivity index is 2.08. The van der Waals surface area contributed by atoms with Crippen molar-refractivity contribution < 1.29 is 23.5 Å². The van der Waals surface area contributed by atoms with Crippen molar-refractivity contribution in [3.8, 4) is 5.75 Å². The summed E-state index contributed by atoms with van der Waals surface area (Å²) in [6.45, 7) is 8.44. The fourth-order valence-electron chi connectivity index (χ4n) is 2.12. The lowest BCUT2D eigenvalue weighted by molar-refractivity contribution is -0.136. The Morgan fingerprint density at radius 3 is 2.52 bits per heavy atom. The molecule has 0 fully saturated rings. The summed E-state index contributed by atoms with van der Waals surface area (Å²) >= 11 is 0. The fraction of sp³-hybridized carbons (Fsp3) is 0.389. The highest BCUT2D eigenvalue weighted by atomic mass is 16.6. The van der Waals surface area contributed by atoms with Gasteiger partial charge in [0.15, 0.2) is 0 Å². The first-order valence-electron chi connectivity index (χ1n) is 7.81. The van der Waals surface area contributed by atoms with E-state index in [0.29, 0.717) is 5.58 Å². The molecule has 1 atom stereocenters. The van der Waals surface area contributed by atoms with Crippen LogP contribution in [0, 0.1) is 6.92 Å². The zero-order valence-electron chi connectivity index (χ0n) is 14.8. The Bertz CT molecular complexity index is 862. The minimum Gasteiger partial charge on any atom is -0.444 e. The second-order valence-corrected chi connectivity index (χ2v) is 6.70. The van der Waals surface area contributed by atoms with Gasteiger partial charge in [-0.25, -0.2) is 14.4 Å². The smallest absolute Gasteiger partial charge is 0.408 e. The highest BCUT2D eigenvalue weighted by Gasteiger charge is 2.22. The van der Waals surface area contributed by atoms with Crippen LogP contribution in [0.15, 0.2) is 33.5 Å². The number of amides is 1. The summed E-state index contributed by atoms with van der Waals surface area (Å²) in [7, 11) is 0. The topological polar surface area (TPSA) is 94.8 Å². The molecule has 7 nitrogen and oxygen atoms in total. The minimum atomic E-state index is -0.907. The van der Waals surface area contributed by atoms with Crippen LogP contribution in [0.4, 0.5) is 4.79 Å². The Morgan fingerprint density at radius 1 is 1.20 bits per heavy atom. The van der Waals surface area contributed by atoms with Gasteiger partial charge in [-0.05, 0) is 52.3 Å². The van der Waals surface area contributed by atoms with E-state index >= 15 is 0 Å². The molecule has 0 aliphatic heterocycles. The zero-order valence-corrected chi connectivity index (χ0v) is 14.8. The molecule has 1 heterocycles. The van der Waals surface area contributed by atoms with Crippen LogP contribution >= 0.6 is 0 Å². The predicted octanol–water partition coefficient (Wildman–Crippen LogP) is 2.92. The summed E-state index contributed by atoms with van der Waals surface area (Å²) in [5.74, 6) is -0.454. The monoisotopic (exact) mass is 347 g/mol. The lowest BCUT2D eigenvalue weighted by atomic mass is 10.1. The maximum atomic E-state index is 12.1. The van der Waals surface area contributed by atoms with Gasteiger partial charge in [-0.15, -0.1) is 0 Å². The van der Waals surface area contributed by atoms with Gasteiger partial charge in [0.05, 0.1) is 0 Å². The van der Waals surface area contributed by atoms with Gasteiger partial charge in [-0.2, -0.15) is 0 Å². The van der Waals surface area contributed by atoms with Crippen LogP contribution in [0.3, 0.4) is 0 Å². The van der Waals surface area contributed by atoms with Crippen molar-refractivity contribution in [2.45, 2.75) is 46.3 Å². The van der Waals surface area contributed by atoms with Crippen molar-refractivity contribution in [1.29, 1.82) is 0 Å². The second kappa shape index (κ2) is 6.96. The van der Waals surface area contributed by atoms with E-state index in [2.05, 4.69) is 5.32 Å². The van der Waals surface area contributed by atoms with Crippen LogP contribution in [0.5, 0.6) is 5.75 Å². The predicted molar refractivity (Wildman–Crippen MR) is 91.7 cm³/mol. The first kappa shape index (κ1) is 18.5. The third-order valence-corrected chi connectivity index (χ3v) is 3.23. The Hall–Kier alpha value is -2.83. The molecule has 0 saturated carbocycles. The third kappa shape index (κ3) is 5.07. The summed E-state index contributed by atoms with van der Waals surface area (Å²) < 4.78 is 15.4. The third-order valence-electron chi connectivity index (χ3n) is 3.23. The molecule has 0 saturated heterocycles. The van der Waals surface area contributed by atoms with E-state index < -0.39 is 29.3 Å². The maximum absolute atomic E-state index is 12.1. The normalized spacial score (nSPS) is 12.5. The number of ether oxygens (including phenoxy) is 2. The first-order chi connectivity index (χ1) is 11.5. The van der Waals surface area contributed by atoms with Crippen molar-refractivity contribution in [3.05, 3.63) is 40.2 Å². The van der Waals surface area contributed by atoms with E-state index in [4.69, 9.17) is 13.9 Å². The molecule has 1 aromatic heterocycles. The number of benzene rings is 1. The van der Waals surface area contributed by atoms with E-state index in [1.54, 1.807) is 39.8 Å². The molecule has 1 aromatic carbocycles. The molecule has 0 spiro atoms. The maximum Gasteiger partial charge on any atom is 0.408 e. The van der Waals surface area contributed by atoms with Crippen molar-refractivity contribution in [2.24, 2.45) is 0 Å². The van der Waals surface area contributed by atoms with E-state index in [9.17, 15) is 14.4 Å². The van der Waals surface area contributed by atoms with Crippen LogP contribution in [0.1, 0.15) is 33.3 Å². The van der Waals surface area contributed by atoms with Gasteiger partial charge in [0.2, 0.25) is 0 Å². The number of carbonyl (C=O) groups is 2. The van der Waals surface area contributed by atoms with Crippen molar-refractivity contribution in [1.82, 2.24) is 5.32 Å². The number of esters is 1. The first-order valence-corrected chi connectivity index (χ1v) is 7.81. The summed E-state index contributed by atoms with van der Waals surface area (Å²) in [6.07, 6.45) is -0.711. The Kier molecular flexibility index (Phi) is 5.15. The molecule has 0 aliphatic rings. The van der Waals surface area contributed by atoms with Gasteiger partial charge in [-0.1, -0.05) is 0 Å². The summed E-state index contributed by atoms with van der Waals surface area (Å²) in [4.78, 5) is 35.2. The molecule has 0 bridgehead atoms. The average Bonchev–Trinajstić information content (AvgIpc) is 2.44. The van der Waals surface area contributed by atoms with E-state index in [1.807, 2.05) is 0 Å². The SMILES string of the molecule is Cc1cc(=O)oc2cc(OC(=O)[C@@H](C)NC(=O)OC(C)(C)C)ccc12. The van der Waals surface area contributed by atoms with Crippen molar-refractivity contribution in [3.63, 3.8) is 0 Å². The molecule has 0 aliphatic carbocycles. The molecule has 25 heavy (non-hydrogen) atoms. The lowest BCUT2D eigenvalue weighted by Crippen LogP contribution is -2.43. The minimum absolute atomic E-state index is 0.212. The molecular weight excluding hydrogens is 326 g/mol. The van der Waals surface area contributed by atoms with Gasteiger partial charge in [0.1, 0.15) is 23.0 Å². The van der Waals surface area contributed by atoms with Gasteiger partial charge in [0, 0.05) is 17.5 Å². The fourth-order valence-corrected chi connectivity index (χ4v) is 2.12. The average molecular weight is 347 g/mol. The molecule has 0 radical (unpaired) electrons. The standard InChI is InChI=1S/C18H21NO6/c1-10-8-15(20)24-14-9-12(6-7-13(10)14)23-16(21)11(2)19-17(22)25-18(3,4)5/h6-9,11H,1-5H3,(H,19,22)/t11-/m1/s1. The molecule has 7 heteroatoms. The van der Waals surface area contributed by atoms with Gasteiger partial charge >= 0.3 is 17.7 Å². The van der Waals surface area contributed by atoms with Crippen molar-refractivity contribution >= 4 is 23.0 Å². The zero-order chi connectivity index (χ0) is 18.8. The number of nitrogens with one attached hydrogen (secondary N) is 1. The number of fused-ring (bicyclic) bond motifs is 1. The van der Waals surface area contributed by atoms with E-state index in [1.165, 1.54) is 19.1 Å². The summed E-state index contributed by atoms with van der Waals surface area (Å²) in [5, 5.41) is 3.15. The van der Waals surface area contributed by atoms with Crippen LogP contribution in [0.25, 0.3) is 11.0 Å². The highest BCUT2D eigenvalue weighted by molar-refractivity contribution is 5.85. The summed E-state index contributed by atoms with van der Waals surface area (Å²) in [5.41, 5.74) is -0.0536. The number of hydrogen-bond acceptors (Lipinski definition) is 6. The Morgan fingerprint density at radius 2 is 1.88 bits per heavy atom. The van der Waals surface area contributed by atoms with Crippen LogP contribution < -0.4 is 15.7 Å². The molecule has 0 unspecified atom stereocenters. The summed E-state index contributed by atoms with van der Waals surface area (Å²) in [6, 6.07) is 5.23. The van der Waals surface area contributed by atoms with Crippen LogP contribution in [-0.2, 0) is 9.53 Å². The molecule has 1 N–H and O–H groups in total. The molecular formula is C18H21NO6. The number of aryl methyl sites for hydroxylation is 1. The van der Waals surface area contributed by atoms with Gasteiger partial charge < -0.3 is 19.2 Å². The molecule has 134 valence electrons. The number of hydrogen-bond donors (Lipinski definition) is 1. The van der Waals surface area contributed by atoms with Gasteiger partial charge in [0.25, 0.3) is 0 Å². The van der Waals surface area contributed by atoms with Crippen LogP contribution in [-0.4, -0.2) is 23.7 Å². The second-order valence-electron chi connectivity index (χ2n) is 6.70. The number of alkyl carbamates (subject to hydrolysis) is 1.